The fraction of sp³-hybridized carbons (Fsp3) is 0.929. The van der Waals surface area contributed by atoms with E-state index in [1.807, 2.05) is 20.8 Å². The number of carbonyl (C=O) groups is 1. The third kappa shape index (κ3) is 4.66. The number of alkyl carbamates (subject to hydrolysis) is 1. The second kappa shape index (κ2) is 6.09. The first-order chi connectivity index (χ1) is 8.94. The number of nitrogens with one attached hydrogen (secondary N) is 2. The number of hydrogen-bond donors (Lipinski definition) is 2. The molecule has 2 heterocycles. The van der Waals surface area contributed by atoms with Gasteiger partial charge in [-0.25, -0.2) is 4.79 Å². The number of ether oxygens (including phenoxy) is 1. The molecule has 19 heavy (non-hydrogen) atoms. The topological polar surface area (TPSA) is 53.6 Å². The van der Waals surface area contributed by atoms with E-state index < -0.39 is 5.60 Å². The molecule has 1 amide bonds. The zero-order chi connectivity index (χ0) is 13.9. The van der Waals surface area contributed by atoms with Gasteiger partial charge in [0.2, 0.25) is 0 Å². The van der Waals surface area contributed by atoms with Crippen LogP contribution < -0.4 is 10.6 Å². The van der Waals surface area contributed by atoms with E-state index >= 15 is 0 Å². The first-order valence-electron chi connectivity index (χ1n) is 7.38. The Morgan fingerprint density at radius 3 is 2.47 bits per heavy atom. The van der Waals surface area contributed by atoms with Crippen LogP contribution in [0.2, 0.25) is 0 Å². The lowest BCUT2D eigenvalue weighted by Gasteiger charge is -2.36. The molecule has 0 aromatic heterocycles. The van der Waals surface area contributed by atoms with Crippen LogP contribution in [-0.4, -0.2) is 54.9 Å². The van der Waals surface area contributed by atoms with Gasteiger partial charge in [0.25, 0.3) is 0 Å². The van der Waals surface area contributed by atoms with Crippen molar-refractivity contribution in [2.24, 2.45) is 0 Å². The van der Waals surface area contributed by atoms with Crippen LogP contribution in [0.5, 0.6) is 0 Å². The minimum Gasteiger partial charge on any atom is -0.444 e. The highest BCUT2D eigenvalue weighted by atomic mass is 16.6. The molecule has 0 aromatic carbocycles. The van der Waals surface area contributed by atoms with Crippen molar-refractivity contribution in [3.8, 4) is 0 Å². The van der Waals surface area contributed by atoms with E-state index in [9.17, 15) is 4.79 Å². The Hall–Kier alpha value is -0.810. The number of hydrogen-bond acceptors (Lipinski definition) is 4. The zero-order valence-corrected chi connectivity index (χ0v) is 12.4. The highest BCUT2D eigenvalue weighted by molar-refractivity contribution is 5.68. The molecule has 2 aliphatic heterocycles. The lowest BCUT2D eigenvalue weighted by Crippen LogP contribution is -2.49. The minimum atomic E-state index is -0.416. The molecule has 5 heteroatoms. The van der Waals surface area contributed by atoms with Crippen LogP contribution in [-0.2, 0) is 4.74 Å². The Balaban J connectivity index is 1.69. The molecule has 5 nitrogen and oxygen atoms in total. The fourth-order valence-corrected chi connectivity index (χ4v) is 2.83. The molecule has 2 N–H and O–H groups in total. The maximum absolute atomic E-state index is 11.7. The van der Waals surface area contributed by atoms with Gasteiger partial charge < -0.3 is 15.4 Å². The van der Waals surface area contributed by atoms with E-state index in [4.69, 9.17) is 4.74 Å². The molecule has 0 aromatic rings. The van der Waals surface area contributed by atoms with Gasteiger partial charge in [0.1, 0.15) is 5.60 Å². The Kier molecular flexibility index (Phi) is 4.68. The first kappa shape index (κ1) is 14.6. The van der Waals surface area contributed by atoms with Crippen molar-refractivity contribution >= 4 is 6.09 Å². The summed E-state index contributed by atoms with van der Waals surface area (Å²) in [5.74, 6) is 0. The largest absolute Gasteiger partial charge is 0.444 e. The van der Waals surface area contributed by atoms with E-state index in [1.165, 1.54) is 6.42 Å². The monoisotopic (exact) mass is 269 g/mol. The summed E-state index contributed by atoms with van der Waals surface area (Å²) >= 11 is 0. The number of likely N-dealkylation sites (tertiary alicyclic amines) is 1. The van der Waals surface area contributed by atoms with Crippen molar-refractivity contribution in [2.45, 2.75) is 57.7 Å². The van der Waals surface area contributed by atoms with E-state index in [0.29, 0.717) is 6.04 Å². The lowest BCUT2D eigenvalue weighted by molar-refractivity contribution is 0.0470. The molecule has 0 aliphatic carbocycles. The van der Waals surface area contributed by atoms with Gasteiger partial charge in [0.05, 0.1) is 0 Å². The first-order valence-corrected chi connectivity index (χ1v) is 7.38. The summed E-state index contributed by atoms with van der Waals surface area (Å²) in [7, 11) is 0. The highest BCUT2D eigenvalue weighted by Gasteiger charge is 2.28. The Labute approximate surface area is 116 Å². The molecule has 110 valence electrons. The van der Waals surface area contributed by atoms with E-state index in [-0.39, 0.29) is 12.1 Å². The van der Waals surface area contributed by atoms with Gasteiger partial charge in [-0.2, -0.15) is 0 Å². The molecule has 0 unspecified atom stereocenters. The van der Waals surface area contributed by atoms with Crippen molar-refractivity contribution in [3.05, 3.63) is 0 Å². The van der Waals surface area contributed by atoms with Crippen LogP contribution in [0, 0.1) is 0 Å². The SMILES string of the molecule is CC(C)(C)OC(=O)NC1CCN([C@@H]2CCNC2)CC1. The van der Waals surface area contributed by atoms with Gasteiger partial charge in [-0.15, -0.1) is 0 Å². The van der Waals surface area contributed by atoms with Gasteiger partial charge in [0.15, 0.2) is 0 Å². The quantitative estimate of drug-likeness (QED) is 0.794. The predicted molar refractivity (Wildman–Crippen MR) is 75.2 cm³/mol. The van der Waals surface area contributed by atoms with E-state index in [2.05, 4.69) is 15.5 Å². The Morgan fingerprint density at radius 2 is 1.95 bits per heavy atom. The van der Waals surface area contributed by atoms with Crippen LogP contribution in [0.4, 0.5) is 4.79 Å². The molecule has 0 saturated carbocycles. The predicted octanol–water partition coefficient (Wildman–Crippen LogP) is 1.34. The molecule has 0 radical (unpaired) electrons. The summed E-state index contributed by atoms with van der Waals surface area (Å²) in [6.07, 6.45) is 3.02. The van der Waals surface area contributed by atoms with Crippen molar-refractivity contribution in [1.29, 1.82) is 0 Å². The minimum absolute atomic E-state index is 0.264. The van der Waals surface area contributed by atoms with Crippen LogP contribution in [0.3, 0.4) is 0 Å². The van der Waals surface area contributed by atoms with Crippen LogP contribution in [0.15, 0.2) is 0 Å². The maximum Gasteiger partial charge on any atom is 0.407 e. The van der Waals surface area contributed by atoms with Gasteiger partial charge in [-0.1, -0.05) is 0 Å². The third-order valence-electron chi connectivity index (χ3n) is 3.80. The fourth-order valence-electron chi connectivity index (χ4n) is 2.83. The highest BCUT2D eigenvalue weighted by Crippen LogP contribution is 2.17. The second-order valence-corrected chi connectivity index (χ2v) is 6.60. The smallest absolute Gasteiger partial charge is 0.407 e. The second-order valence-electron chi connectivity index (χ2n) is 6.60. The van der Waals surface area contributed by atoms with Crippen LogP contribution in [0.1, 0.15) is 40.0 Å². The van der Waals surface area contributed by atoms with E-state index in [0.717, 1.165) is 39.0 Å². The summed E-state index contributed by atoms with van der Waals surface area (Å²) in [4.78, 5) is 14.3. The average molecular weight is 269 g/mol. The van der Waals surface area contributed by atoms with Gasteiger partial charge in [-0.3, -0.25) is 4.90 Å². The number of carbonyl (C=O) groups excluding carboxylic acids is 1. The summed E-state index contributed by atoms with van der Waals surface area (Å²) in [6.45, 7) is 10.1. The molecular weight excluding hydrogens is 242 g/mol. The average Bonchev–Trinajstić information content (AvgIpc) is 2.80. The normalized spacial score (nSPS) is 26.4. The van der Waals surface area contributed by atoms with Gasteiger partial charge in [-0.05, 0) is 46.6 Å². The molecule has 2 saturated heterocycles. The van der Waals surface area contributed by atoms with Gasteiger partial charge in [0, 0.05) is 31.7 Å². The van der Waals surface area contributed by atoms with Crippen molar-refractivity contribution in [1.82, 2.24) is 15.5 Å². The Morgan fingerprint density at radius 1 is 1.26 bits per heavy atom. The number of nitrogens with zero attached hydrogens (tertiary/aromatic N) is 1. The molecule has 1 atom stereocenters. The van der Waals surface area contributed by atoms with Crippen LogP contribution in [0.25, 0.3) is 0 Å². The number of amides is 1. The molecule has 2 fully saturated rings. The van der Waals surface area contributed by atoms with Crippen LogP contribution >= 0.6 is 0 Å². The lowest BCUT2D eigenvalue weighted by atomic mass is 10.0. The molecule has 2 aliphatic rings. The summed E-state index contributed by atoms with van der Waals surface area (Å²) in [5.41, 5.74) is -0.416. The van der Waals surface area contributed by atoms with Crippen molar-refractivity contribution in [2.75, 3.05) is 26.2 Å². The number of piperidine rings is 1. The molecule has 0 bridgehead atoms. The number of rotatable bonds is 2. The van der Waals surface area contributed by atoms with Crippen molar-refractivity contribution < 1.29 is 9.53 Å². The molecular formula is C14H27N3O2. The Bertz CT molecular complexity index is 300. The third-order valence-corrected chi connectivity index (χ3v) is 3.80. The molecule has 2 rings (SSSR count). The van der Waals surface area contributed by atoms with E-state index in [1.54, 1.807) is 0 Å². The summed E-state index contributed by atoms with van der Waals surface area (Å²) < 4.78 is 5.29. The maximum atomic E-state index is 11.7. The molecule has 0 spiro atoms. The van der Waals surface area contributed by atoms with Crippen molar-refractivity contribution in [3.63, 3.8) is 0 Å². The summed E-state index contributed by atoms with van der Waals surface area (Å²) in [6, 6.07) is 0.961. The zero-order valence-electron chi connectivity index (χ0n) is 12.4. The van der Waals surface area contributed by atoms with Gasteiger partial charge >= 0.3 is 6.09 Å². The standard InChI is InChI=1S/C14H27N3O2/c1-14(2,3)19-13(18)16-11-5-8-17(9-6-11)12-4-7-15-10-12/h11-12,15H,4-10H2,1-3H3,(H,16,18)/t12-/m1/s1. The summed E-state index contributed by atoms with van der Waals surface area (Å²) in [5, 5.41) is 6.39.